The third kappa shape index (κ3) is 4.66. The van der Waals surface area contributed by atoms with Crippen LogP contribution in [0.15, 0.2) is 21.5 Å². The van der Waals surface area contributed by atoms with Gasteiger partial charge in [-0.15, -0.1) is 12.4 Å². The average Bonchev–Trinajstić information content (AvgIpc) is 2.40. The van der Waals surface area contributed by atoms with Gasteiger partial charge in [0, 0.05) is 22.6 Å². The Kier molecular flexibility index (Phi) is 6.82. The molecule has 0 aromatic heterocycles. The molecule has 1 aliphatic heterocycles. The predicted molar refractivity (Wildman–Crippen MR) is 90.9 cm³/mol. The number of nitrogens with two attached hydrogens (primary N) is 1. The van der Waals surface area contributed by atoms with Gasteiger partial charge in [-0.2, -0.15) is 0 Å². The normalized spacial score (nSPS) is 18.4. The first-order chi connectivity index (χ1) is 9.79. The lowest BCUT2D eigenvalue weighted by atomic mass is 10.0. The van der Waals surface area contributed by atoms with Crippen LogP contribution in [0.1, 0.15) is 28.8 Å². The van der Waals surface area contributed by atoms with E-state index in [4.69, 9.17) is 5.14 Å². The number of sulfonamides is 1. The zero-order valence-electron chi connectivity index (χ0n) is 12.1. The van der Waals surface area contributed by atoms with Gasteiger partial charge >= 0.3 is 0 Å². The Morgan fingerprint density at radius 2 is 2.14 bits per heavy atom. The molecule has 1 aliphatic rings. The first-order valence-corrected chi connectivity index (χ1v) is 8.97. The van der Waals surface area contributed by atoms with Crippen LogP contribution in [0, 0.1) is 6.92 Å². The van der Waals surface area contributed by atoms with Gasteiger partial charge in [-0.1, -0.05) is 15.9 Å². The second kappa shape index (κ2) is 7.74. The fraction of sp³-hybridized carbons (Fsp3) is 0.462. The summed E-state index contributed by atoms with van der Waals surface area (Å²) in [6.45, 7) is 3.26. The standard InChI is InChI=1S/C13H18BrN3O3S.ClH/c1-8-11(5-9(14)6-12(8)21(15,19)20)13(18)17-10-3-2-4-16-7-10;/h5-6,10,16H,2-4,7H2,1H3,(H,17,18)(H2,15,19,20);1H/t10-;/m0./s1. The summed E-state index contributed by atoms with van der Waals surface area (Å²) in [6.07, 6.45) is 1.92. The third-order valence-electron chi connectivity index (χ3n) is 3.51. The number of amides is 1. The van der Waals surface area contributed by atoms with E-state index in [0.29, 0.717) is 15.6 Å². The zero-order chi connectivity index (χ0) is 15.6. The van der Waals surface area contributed by atoms with Crippen LogP contribution in [0.2, 0.25) is 0 Å². The van der Waals surface area contributed by atoms with Crippen LogP contribution in [-0.2, 0) is 10.0 Å². The van der Waals surface area contributed by atoms with Crippen molar-refractivity contribution in [1.29, 1.82) is 0 Å². The maximum atomic E-state index is 12.4. The van der Waals surface area contributed by atoms with E-state index in [0.717, 1.165) is 25.9 Å². The van der Waals surface area contributed by atoms with E-state index in [9.17, 15) is 13.2 Å². The summed E-state index contributed by atoms with van der Waals surface area (Å²) in [7, 11) is -3.87. The van der Waals surface area contributed by atoms with Gasteiger partial charge in [0.15, 0.2) is 0 Å². The van der Waals surface area contributed by atoms with Crippen LogP contribution in [0.3, 0.4) is 0 Å². The lowest BCUT2D eigenvalue weighted by Gasteiger charge is -2.24. The Bertz CT molecular complexity index is 661. The van der Waals surface area contributed by atoms with Crippen LogP contribution < -0.4 is 15.8 Å². The number of nitrogens with one attached hydrogen (secondary N) is 2. The molecule has 124 valence electrons. The van der Waals surface area contributed by atoms with Crippen LogP contribution in [0.25, 0.3) is 0 Å². The molecule has 1 aromatic rings. The van der Waals surface area contributed by atoms with Gasteiger partial charge in [-0.05, 0) is 44.0 Å². The Morgan fingerprint density at radius 3 is 2.68 bits per heavy atom. The molecule has 0 spiro atoms. The molecule has 1 saturated heterocycles. The Balaban J connectivity index is 0.00000242. The number of hydrogen-bond donors (Lipinski definition) is 3. The van der Waals surface area contributed by atoms with Crippen LogP contribution >= 0.6 is 28.3 Å². The van der Waals surface area contributed by atoms with Gasteiger partial charge in [0.05, 0.1) is 4.90 Å². The van der Waals surface area contributed by atoms with Crippen LogP contribution in [-0.4, -0.2) is 33.5 Å². The molecule has 1 amide bonds. The summed E-state index contributed by atoms with van der Waals surface area (Å²) >= 11 is 3.22. The van der Waals surface area contributed by atoms with E-state index in [2.05, 4.69) is 26.6 Å². The van der Waals surface area contributed by atoms with Crippen LogP contribution in [0.5, 0.6) is 0 Å². The van der Waals surface area contributed by atoms with Crippen molar-refractivity contribution < 1.29 is 13.2 Å². The zero-order valence-corrected chi connectivity index (χ0v) is 15.3. The second-order valence-electron chi connectivity index (χ2n) is 5.14. The summed E-state index contributed by atoms with van der Waals surface area (Å²) in [4.78, 5) is 12.3. The van der Waals surface area contributed by atoms with E-state index in [-0.39, 0.29) is 29.3 Å². The molecule has 0 radical (unpaired) electrons. The Labute approximate surface area is 144 Å². The van der Waals surface area contributed by atoms with Gasteiger partial charge in [-0.25, -0.2) is 13.6 Å². The van der Waals surface area contributed by atoms with E-state index in [1.165, 1.54) is 6.07 Å². The number of carbonyl (C=O) groups is 1. The Hall–Kier alpha value is -0.670. The van der Waals surface area contributed by atoms with Gasteiger partial charge in [-0.3, -0.25) is 4.79 Å². The van der Waals surface area contributed by atoms with Crippen molar-refractivity contribution in [2.24, 2.45) is 5.14 Å². The van der Waals surface area contributed by atoms with Gasteiger partial charge in [0.2, 0.25) is 10.0 Å². The molecule has 0 aliphatic carbocycles. The number of primary sulfonamides is 1. The highest BCUT2D eigenvalue weighted by Gasteiger charge is 2.22. The van der Waals surface area contributed by atoms with Crippen molar-refractivity contribution in [3.8, 4) is 0 Å². The highest BCUT2D eigenvalue weighted by molar-refractivity contribution is 9.10. The summed E-state index contributed by atoms with van der Waals surface area (Å²) < 4.78 is 23.7. The molecule has 22 heavy (non-hydrogen) atoms. The third-order valence-corrected chi connectivity index (χ3v) is 5.00. The number of rotatable bonds is 3. The lowest BCUT2D eigenvalue weighted by molar-refractivity contribution is 0.0929. The van der Waals surface area contributed by atoms with E-state index >= 15 is 0 Å². The molecule has 0 bridgehead atoms. The molecule has 0 unspecified atom stereocenters. The topological polar surface area (TPSA) is 101 Å². The van der Waals surface area contributed by atoms with Crippen molar-refractivity contribution in [1.82, 2.24) is 10.6 Å². The van der Waals surface area contributed by atoms with Crippen LogP contribution in [0.4, 0.5) is 0 Å². The van der Waals surface area contributed by atoms with Gasteiger partial charge < -0.3 is 10.6 Å². The smallest absolute Gasteiger partial charge is 0.251 e. The average molecular weight is 413 g/mol. The fourth-order valence-corrected chi connectivity index (χ4v) is 3.86. The fourth-order valence-electron chi connectivity index (χ4n) is 2.42. The maximum absolute atomic E-state index is 12.4. The minimum Gasteiger partial charge on any atom is -0.348 e. The summed E-state index contributed by atoms with van der Waals surface area (Å²) in [5, 5.41) is 11.3. The number of benzene rings is 1. The monoisotopic (exact) mass is 411 g/mol. The SMILES string of the molecule is Cc1c(C(=O)N[C@H]2CCCNC2)cc(Br)cc1S(N)(=O)=O.Cl. The molecule has 9 heteroatoms. The van der Waals surface area contributed by atoms with E-state index in [1.54, 1.807) is 13.0 Å². The molecule has 6 nitrogen and oxygen atoms in total. The summed E-state index contributed by atoms with van der Waals surface area (Å²) in [5.41, 5.74) is 0.681. The largest absolute Gasteiger partial charge is 0.348 e. The molecule has 4 N–H and O–H groups in total. The van der Waals surface area contributed by atoms with Gasteiger partial charge in [0.25, 0.3) is 5.91 Å². The van der Waals surface area contributed by atoms with Crippen molar-refractivity contribution >= 4 is 44.3 Å². The predicted octanol–water partition coefficient (Wildman–Crippen LogP) is 1.31. The summed E-state index contributed by atoms with van der Waals surface area (Å²) in [6, 6.07) is 3.07. The molecule has 1 heterocycles. The molecular formula is C13H19BrClN3O3S. The Morgan fingerprint density at radius 1 is 1.45 bits per heavy atom. The molecule has 2 rings (SSSR count). The molecule has 0 saturated carbocycles. The molecule has 1 fully saturated rings. The highest BCUT2D eigenvalue weighted by atomic mass is 79.9. The maximum Gasteiger partial charge on any atom is 0.251 e. The van der Waals surface area contributed by atoms with Crippen molar-refractivity contribution in [2.75, 3.05) is 13.1 Å². The molecular weight excluding hydrogens is 394 g/mol. The van der Waals surface area contributed by atoms with Crippen molar-refractivity contribution in [2.45, 2.75) is 30.7 Å². The van der Waals surface area contributed by atoms with Crippen molar-refractivity contribution in [3.63, 3.8) is 0 Å². The number of carbonyl (C=O) groups excluding carboxylic acids is 1. The van der Waals surface area contributed by atoms with E-state index < -0.39 is 10.0 Å². The lowest BCUT2D eigenvalue weighted by Crippen LogP contribution is -2.45. The molecule has 1 atom stereocenters. The first-order valence-electron chi connectivity index (χ1n) is 6.63. The van der Waals surface area contributed by atoms with E-state index in [1.807, 2.05) is 0 Å². The second-order valence-corrected chi connectivity index (χ2v) is 7.58. The molecule has 1 aromatic carbocycles. The highest BCUT2D eigenvalue weighted by Crippen LogP contribution is 2.24. The van der Waals surface area contributed by atoms with Crippen molar-refractivity contribution in [3.05, 3.63) is 27.7 Å². The quantitative estimate of drug-likeness (QED) is 0.696. The first kappa shape index (κ1) is 19.4. The number of halogens is 2. The summed E-state index contributed by atoms with van der Waals surface area (Å²) in [5.74, 6) is -0.285. The number of piperidine rings is 1. The van der Waals surface area contributed by atoms with Gasteiger partial charge in [0.1, 0.15) is 0 Å². The minimum atomic E-state index is -3.87. The minimum absolute atomic E-state index is 0. The number of hydrogen-bond acceptors (Lipinski definition) is 4.